The molecule has 1 rings (SSSR count). The molecule has 9 heavy (non-hydrogen) atoms. The van der Waals surface area contributed by atoms with Crippen LogP contribution in [0.5, 0.6) is 0 Å². The van der Waals surface area contributed by atoms with Gasteiger partial charge in [-0.15, -0.1) is 0 Å². The second-order valence-electron chi connectivity index (χ2n) is 1.92. The SMILES string of the molecule is Cc1[c]cc(N)c(F)c1. The molecule has 0 unspecified atom stereocenters. The summed E-state index contributed by atoms with van der Waals surface area (Å²) >= 11 is 0. The topological polar surface area (TPSA) is 26.0 Å². The van der Waals surface area contributed by atoms with Gasteiger partial charge in [-0.2, -0.15) is 0 Å². The summed E-state index contributed by atoms with van der Waals surface area (Å²) in [6, 6.07) is 5.57. The fourth-order valence-electron chi connectivity index (χ4n) is 0.576. The maximum Gasteiger partial charge on any atom is 0.146 e. The van der Waals surface area contributed by atoms with Crippen LogP contribution in [0.25, 0.3) is 0 Å². The Labute approximate surface area is 53.3 Å². The van der Waals surface area contributed by atoms with Crippen molar-refractivity contribution in [2.24, 2.45) is 0 Å². The molecule has 47 valence electrons. The van der Waals surface area contributed by atoms with Crippen LogP contribution in [0.4, 0.5) is 10.1 Å². The van der Waals surface area contributed by atoms with Crippen molar-refractivity contribution in [3.05, 3.63) is 29.6 Å². The molecule has 0 heterocycles. The molecule has 0 aliphatic heterocycles. The van der Waals surface area contributed by atoms with E-state index in [1.807, 2.05) is 0 Å². The molecule has 0 amide bonds. The van der Waals surface area contributed by atoms with Crippen molar-refractivity contribution in [2.75, 3.05) is 5.73 Å². The number of anilines is 1. The average Bonchev–Trinajstić information content (AvgIpc) is 1.80. The van der Waals surface area contributed by atoms with Crippen molar-refractivity contribution in [2.45, 2.75) is 6.92 Å². The minimum atomic E-state index is -0.369. The predicted octanol–water partition coefficient (Wildman–Crippen LogP) is 1.52. The molecule has 1 radical (unpaired) electrons. The van der Waals surface area contributed by atoms with Crippen LogP contribution in [-0.2, 0) is 0 Å². The van der Waals surface area contributed by atoms with Crippen molar-refractivity contribution >= 4 is 5.69 Å². The molecule has 0 saturated heterocycles. The van der Waals surface area contributed by atoms with Gasteiger partial charge >= 0.3 is 0 Å². The Morgan fingerprint density at radius 2 is 2.33 bits per heavy atom. The van der Waals surface area contributed by atoms with Crippen molar-refractivity contribution in [3.63, 3.8) is 0 Å². The van der Waals surface area contributed by atoms with Crippen LogP contribution in [0.2, 0.25) is 0 Å². The number of nitrogen functional groups attached to an aromatic ring is 1. The van der Waals surface area contributed by atoms with Gasteiger partial charge in [0.1, 0.15) is 5.82 Å². The minimum absolute atomic E-state index is 0.153. The second kappa shape index (κ2) is 2.05. The quantitative estimate of drug-likeness (QED) is 0.521. The fraction of sp³-hybridized carbons (Fsp3) is 0.143. The highest BCUT2D eigenvalue weighted by molar-refractivity contribution is 5.40. The normalized spacial score (nSPS) is 9.56. The molecule has 0 aromatic heterocycles. The molecule has 2 heteroatoms. The first-order chi connectivity index (χ1) is 4.20. The lowest BCUT2D eigenvalue weighted by Gasteiger charge is -1.94. The first-order valence-corrected chi connectivity index (χ1v) is 2.63. The first-order valence-electron chi connectivity index (χ1n) is 2.63. The highest BCUT2D eigenvalue weighted by Crippen LogP contribution is 2.09. The zero-order valence-electron chi connectivity index (χ0n) is 5.11. The maximum atomic E-state index is 12.4. The van der Waals surface area contributed by atoms with Crippen LogP contribution in [0.15, 0.2) is 12.1 Å². The molecule has 1 aromatic rings. The summed E-state index contributed by atoms with van der Waals surface area (Å²) in [7, 11) is 0. The summed E-state index contributed by atoms with van der Waals surface area (Å²) in [6.07, 6.45) is 0. The van der Waals surface area contributed by atoms with Gasteiger partial charge in [0, 0.05) is 0 Å². The molecule has 1 nitrogen and oxygen atoms in total. The summed E-state index contributed by atoms with van der Waals surface area (Å²) in [5, 5.41) is 0. The summed E-state index contributed by atoms with van der Waals surface area (Å²) in [5.74, 6) is -0.369. The third-order valence-corrected chi connectivity index (χ3v) is 1.07. The maximum absolute atomic E-state index is 12.4. The summed E-state index contributed by atoms with van der Waals surface area (Å²) in [6.45, 7) is 1.77. The number of rotatable bonds is 0. The van der Waals surface area contributed by atoms with Gasteiger partial charge in [-0.05, 0) is 30.7 Å². The molecule has 0 saturated carbocycles. The van der Waals surface area contributed by atoms with E-state index < -0.39 is 0 Å². The minimum Gasteiger partial charge on any atom is -0.396 e. The van der Waals surface area contributed by atoms with Gasteiger partial charge in [-0.1, -0.05) is 0 Å². The lowest BCUT2D eigenvalue weighted by atomic mass is 10.2. The van der Waals surface area contributed by atoms with Crippen molar-refractivity contribution < 1.29 is 4.39 Å². The molecule has 0 aliphatic rings. The molecule has 0 bridgehead atoms. The molecule has 0 atom stereocenters. The number of aryl methyl sites for hydroxylation is 1. The number of halogens is 1. The second-order valence-corrected chi connectivity index (χ2v) is 1.92. The summed E-state index contributed by atoms with van der Waals surface area (Å²) < 4.78 is 12.4. The predicted molar refractivity (Wildman–Crippen MR) is 34.4 cm³/mol. The Bertz CT molecular complexity index is 220. The smallest absolute Gasteiger partial charge is 0.146 e. The standard InChI is InChI=1S/C7H7FN/c1-5-2-3-7(9)6(8)4-5/h3-4H,9H2,1H3. The first kappa shape index (κ1) is 6.08. The highest BCUT2D eigenvalue weighted by Gasteiger charge is 1.94. The van der Waals surface area contributed by atoms with Crippen molar-refractivity contribution in [1.82, 2.24) is 0 Å². The average molecular weight is 124 g/mol. The zero-order chi connectivity index (χ0) is 6.85. The van der Waals surface area contributed by atoms with Gasteiger partial charge in [0.05, 0.1) is 5.69 Å². The van der Waals surface area contributed by atoms with Crippen molar-refractivity contribution in [1.29, 1.82) is 0 Å². The van der Waals surface area contributed by atoms with E-state index >= 15 is 0 Å². The van der Waals surface area contributed by atoms with E-state index in [9.17, 15) is 4.39 Å². The van der Waals surface area contributed by atoms with E-state index in [1.54, 1.807) is 6.92 Å². The fourth-order valence-corrected chi connectivity index (χ4v) is 0.576. The van der Waals surface area contributed by atoms with E-state index in [0.717, 1.165) is 5.56 Å². The molecule has 1 aromatic carbocycles. The molecule has 0 spiro atoms. The monoisotopic (exact) mass is 124 g/mol. The third-order valence-electron chi connectivity index (χ3n) is 1.07. The van der Waals surface area contributed by atoms with E-state index in [1.165, 1.54) is 12.1 Å². The molecule has 0 fully saturated rings. The van der Waals surface area contributed by atoms with Gasteiger partial charge < -0.3 is 5.73 Å². The third kappa shape index (κ3) is 1.19. The van der Waals surface area contributed by atoms with Crippen LogP contribution in [0.1, 0.15) is 5.56 Å². The van der Waals surface area contributed by atoms with Crippen LogP contribution < -0.4 is 5.73 Å². The highest BCUT2D eigenvalue weighted by atomic mass is 19.1. The Hall–Kier alpha value is -1.05. The van der Waals surface area contributed by atoms with Gasteiger partial charge in [-0.3, -0.25) is 0 Å². The number of hydrogen-bond acceptors (Lipinski definition) is 1. The Morgan fingerprint density at radius 3 is 2.78 bits per heavy atom. The largest absolute Gasteiger partial charge is 0.396 e. The summed E-state index contributed by atoms with van der Waals surface area (Å²) in [4.78, 5) is 0. The Balaban J connectivity index is 3.17. The summed E-state index contributed by atoms with van der Waals surface area (Å²) in [5.41, 5.74) is 6.10. The van der Waals surface area contributed by atoms with E-state index in [4.69, 9.17) is 5.73 Å². The van der Waals surface area contributed by atoms with Gasteiger partial charge in [0.25, 0.3) is 0 Å². The Morgan fingerprint density at radius 1 is 1.67 bits per heavy atom. The van der Waals surface area contributed by atoms with Gasteiger partial charge in [-0.25, -0.2) is 4.39 Å². The molecule has 0 aliphatic carbocycles. The van der Waals surface area contributed by atoms with E-state index in [2.05, 4.69) is 6.07 Å². The zero-order valence-corrected chi connectivity index (χ0v) is 5.11. The molecule has 2 N–H and O–H groups in total. The lowest BCUT2D eigenvalue weighted by molar-refractivity contribution is 0.631. The van der Waals surface area contributed by atoms with E-state index in [-0.39, 0.29) is 11.5 Å². The van der Waals surface area contributed by atoms with Crippen molar-refractivity contribution in [3.8, 4) is 0 Å². The molecular weight excluding hydrogens is 117 g/mol. The Kier molecular flexibility index (Phi) is 1.39. The van der Waals surface area contributed by atoms with Crippen LogP contribution in [0, 0.1) is 18.8 Å². The number of hydrogen-bond donors (Lipinski definition) is 1. The van der Waals surface area contributed by atoms with Gasteiger partial charge in [0.15, 0.2) is 0 Å². The number of nitrogens with two attached hydrogens (primary N) is 1. The van der Waals surface area contributed by atoms with Crippen LogP contribution in [0.3, 0.4) is 0 Å². The van der Waals surface area contributed by atoms with Crippen LogP contribution >= 0.6 is 0 Å². The van der Waals surface area contributed by atoms with E-state index in [0.29, 0.717) is 0 Å². The number of benzene rings is 1. The molecular formula is C7H7FN. The lowest BCUT2D eigenvalue weighted by Crippen LogP contribution is -1.89. The van der Waals surface area contributed by atoms with Gasteiger partial charge in [0.2, 0.25) is 0 Å². The van der Waals surface area contributed by atoms with Crippen LogP contribution in [-0.4, -0.2) is 0 Å².